The van der Waals surface area contributed by atoms with Gasteiger partial charge in [0.05, 0.1) is 36.7 Å². The van der Waals surface area contributed by atoms with Crippen molar-refractivity contribution >= 4 is 11.4 Å². The maximum Gasteiger partial charge on any atom is 0.296 e. The molecule has 0 spiro atoms. The molecular weight excluding hydrogens is 272 g/mol. The normalized spacial score (nSPS) is 10.7. The van der Waals surface area contributed by atoms with Crippen molar-refractivity contribution in [3.05, 3.63) is 46.5 Å². The number of hydrogen-bond donors (Lipinski definition) is 1. The summed E-state index contributed by atoms with van der Waals surface area (Å²) in [6.45, 7) is 4.58. The molecule has 1 aromatic heterocycles. The summed E-state index contributed by atoms with van der Waals surface area (Å²) in [6.07, 6.45) is 3.51. The van der Waals surface area contributed by atoms with Crippen LogP contribution in [0, 0.1) is 10.1 Å². The molecule has 112 valence electrons. The molecule has 0 fully saturated rings. The minimum Gasteiger partial charge on any atom is -0.496 e. The van der Waals surface area contributed by atoms with Crippen molar-refractivity contribution in [3.63, 3.8) is 0 Å². The van der Waals surface area contributed by atoms with E-state index in [1.165, 1.54) is 13.2 Å². The maximum atomic E-state index is 11.1. The van der Waals surface area contributed by atoms with Crippen molar-refractivity contribution < 1.29 is 9.66 Å². The molecule has 0 radical (unpaired) electrons. The minimum absolute atomic E-state index is 0.00929. The van der Waals surface area contributed by atoms with Crippen molar-refractivity contribution in [3.8, 4) is 5.75 Å². The lowest BCUT2D eigenvalue weighted by molar-refractivity contribution is -0.384. The zero-order chi connectivity index (χ0) is 15.4. The van der Waals surface area contributed by atoms with Crippen molar-refractivity contribution in [1.29, 1.82) is 0 Å². The van der Waals surface area contributed by atoms with Crippen LogP contribution in [0.25, 0.3) is 0 Å². The summed E-state index contributed by atoms with van der Waals surface area (Å²) in [7, 11) is 1.48. The van der Waals surface area contributed by atoms with Crippen LogP contribution in [-0.2, 0) is 6.54 Å². The summed E-state index contributed by atoms with van der Waals surface area (Å²) in [4.78, 5) is 14.8. The molecule has 1 heterocycles. The summed E-state index contributed by atoms with van der Waals surface area (Å²) < 4.78 is 7.03. The predicted octanol–water partition coefficient (Wildman–Crippen LogP) is 2.99. The Balaban J connectivity index is 2.20. The number of nitrogens with zero attached hydrogens (tertiary/aromatic N) is 3. The summed E-state index contributed by atoms with van der Waals surface area (Å²) in [5, 5.41) is 14.2. The van der Waals surface area contributed by atoms with Crippen molar-refractivity contribution in [2.45, 2.75) is 26.4 Å². The van der Waals surface area contributed by atoms with Crippen molar-refractivity contribution in [2.24, 2.45) is 0 Å². The number of nitrogens with one attached hydrogen (secondary N) is 1. The Morgan fingerprint density at radius 3 is 2.86 bits per heavy atom. The fourth-order valence-corrected chi connectivity index (χ4v) is 2.06. The Bertz CT molecular complexity index is 637. The molecule has 0 aliphatic heterocycles. The van der Waals surface area contributed by atoms with E-state index in [0.717, 1.165) is 5.69 Å². The molecule has 2 aromatic rings. The van der Waals surface area contributed by atoms with E-state index in [0.29, 0.717) is 18.0 Å². The summed E-state index contributed by atoms with van der Waals surface area (Å²) >= 11 is 0. The van der Waals surface area contributed by atoms with Crippen LogP contribution in [0.15, 0.2) is 30.7 Å². The molecule has 1 N–H and O–H groups in total. The van der Waals surface area contributed by atoms with Crippen molar-refractivity contribution in [2.75, 3.05) is 12.4 Å². The van der Waals surface area contributed by atoms with E-state index in [4.69, 9.17) is 4.74 Å². The van der Waals surface area contributed by atoms with Crippen LogP contribution < -0.4 is 10.1 Å². The lowest BCUT2D eigenvalue weighted by Gasteiger charge is -2.13. The second-order valence-electron chi connectivity index (χ2n) is 4.88. The number of nitro groups is 1. The van der Waals surface area contributed by atoms with Gasteiger partial charge in [-0.25, -0.2) is 4.98 Å². The molecule has 0 aliphatic carbocycles. The zero-order valence-corrected chi connectivity index (χ0v) is 12.2. The summed E-state index contributed by atoms with van der Waals surface area (Å²) in [6, 6.07) is 5.03. The molecule has 0 aliphatic rings. The number of hydrogen-bond acceptors (Lipinski definition) is 5. The van der Waals surface area contributed by atoms with Crippen LogP contribution in [-0.4, -0.2) is 21.6 Å². The average molecular weight is 290 g/mol. The number of aromatic nitrogens is 2. The van der Waals surface area contributed by atoms with Gasteiger partial charge in [-0.15, -0.1) is 0 Å². The lowest BCUT2D eigenvalue weighted by atomic mass is 10.2. The molecule has 0 saturated heterocycles. The first-order valence-electron chi connectivity index (χ1n) is 6.60. The Labute approximate surface area is 122 Å². The van der Waals surface area contributed by atoms with Gasteiger partial charge in [-0.3, -0.25) is 10.1 Å². The average Bonchev–Trinajstić information content (AvgIpc) is 2.93. The number of nitro benzene ring substituents is 1. The second kappa shape index (κ2) is 6.25. The van der Waals surface area contributed by atoms with Crippen LogP contribution in [0.1, 0.15) is 25.6 Å². The quantitative estimate of drug-likeness (QED) is 0.653. The number of anilines is 1. The largest absolute Gasteiger partial charge is 0.496 e. The van der Waals surface area contributed by atoms with E-state index >= 15 is 0 Å². The molecule has 0 atom stereocenters. The lowest BCUT2D eigenvalue weighted by Crippen LogP contribution is -2.09. The molecular formula is C14H18N4O3. The number of rotatable bonds is 6. The maximum absolute atomic E-state index is 11.1. The second-order valence-corrected chi connectivity index (χ2v) is 4.88. The highest BCUT2D eigenvalue weighted by atomic mass is 16.6. The molecule has 7 nitrogen and oxygen atoms in total. The first-order chi connectivity index (χ1) is 10.0. The Morgan fingerprint density at radius 1 is 1.48 bits per heavy atom. The first kappa shape index (κ1) is 14.8. The van der Waals surface area contributed by atoms with Crippen LogP contribution in [0.4, 0.5) is 11.4 Å². The number of imidazole rings is 1. The van der Waals surface area contributed by atoms with Gasteiger partial charge in [0, 0.05) is 12.2 Å². The van der Waals surface area contributed by atoms with E-state index in [2.05, 4.69) is 24.1 Å². The van der Waals surface area contributed by atoms with Gasteiger partial charge in [0.1, 0.15) is 11.4 Å². The van der Waals surface area contributed by atoms with Gasteiger partial charge in [-0.05, 0) is 26.0 Å². The van der Waals surface area contributed by atoms with Crippen LogP contribution in [0.3, 0.4) is 0 Å². The molecule has 0 amide bonds. The number of methoxy groups -OCH3 is 1. The Kier molecular flexibility index (Phi) is 4.42. The standard InChI is InChI=1S/C14H18N4O3/c1-10(2)17-9-15-7-11(17)8-16-13-5-4-12(21-3)6-14(13)18(19)20/h4-7,9-10,16H,8H2,1-3H3. The molecule has 2 rings (SSSR count). The van der Waals surface area contributed by atoms with E-state index in [9.17, 15) is 10.1 Å². The third-order valence-corrected chi connectivity index (χ3v) is 3.16. The van der Waals surface area contributed by atoms with Gasteiger partial charge in [0.2, 0.25) is 0 Å². The Morgan fingerprint density at radius 2 is 2.24 bits per heavy atom. The van der Waals surface area contributed by atoms with Crippen LogP contribution in [0.5, 0.6) is 5.75 Å². The van der Waals surface area contributed by atoms with Gasteiger partial charge < -0.3 is 14.6 Å². The van der Waals surface area contributed by atoms with Gasteiger partial charge >= 0.3 is 0 Å². The van der Waals surface area contributed by atoms with Gasteiger partial charge in [0.25, 0.3) is 5.69 Å². The molecule has 21 heavy (non-hydrogen) atoms. The molecule has 0 saturated carbocycles. The van der Waals surface area contributed by atoms with Gasteiger partial charge in [-0.1, -0.05) is 0 Å². The first-order valence-corrected chi connectivity index (χ1v) is 6.60. The molecule has 1 aromatic carbocycles. The topological polar surface area (TPSA) is 82.2 Å². The fraction of sp³-hybridized carbons (Fsp3) is 0.357. The van der Waals surface area contributed by atoms with E-state index < -0.39 is 4.92 Å². The molecule has 0 bridgehead atoms. The predicted molar refractivity (Wildman–Crippen MR) is 79.6 cm³/mol. The highest BCUT2D eigenvalue weighted by molar-refractivity contribution is 5.63. The molecule has 0 unspecified atom stereocenters. The summed E-state index contributed by atoms with van der Waals surface area (Å²) in [5.74, 6) is 0.458. The SMILES string of the molecule is COc1ccc(NCc2cncn2C(C)C)c([N+](=O)[O-])c1. The minimum atomic E-state index is -0.426. The summed E-state index contributed by atoms with van der Waals surface area (Å²) in [5.41, 5.74) is 1.41. The van der Waals surface area contributed by atoms with Gasteiger partial charge in [-0.2, -0.15) is 0 Å². The highest BCUT2D eigenvalue weighted by Crippen LogP contribution is 2.29. The number of ether oxygens (including phenoxy) is 1. The smallest absolute Gasteiger partial charge is 0.296 e. The fourth-order valence-electron chi connectivity index (χ4n) is 2.06. The Hall–Kier alpha value is -2.57. The number of benzene rings is 1. The van der Waals surface area contributed by atoms with Crippen LogP contribution >= 0.6 is 0 Å². The van der Waals surface area contributed by atoms with Gasteiger partial charge in [0.15, 0.2) is 0 Å². The van der Waals surface area contributed by atoms with E-state index in [1.807, 2.05) is 4.57 Å². The third kappa shape index (κ3) is 3.31. The van der Waals surface area contributed by atoms with Crippen molar-refractivity contribution in [1.82, 2.24) is 9.55 Å². The highest BCUT2D eigenvalue weighted by Gasteiger charge is 2.15. The monoisotopic (exact) mass is 290 g/mol. The third-order valence-electron chi connectivity index (χ3n) is 3.16. The molecule has 7 heteroatoms. The van der Waals surface area contributed by atoms with E-state index in [1.54, 1.807) is 24.7 Å². The zero-order valence-electron chi connectivity index (χ0n) is 12.2. The van der Waals surface area contributed by atoms with Crippen LogP contribution in [0.2, 0.25) is 0 Å². The van der Waals surface area contributed by atoms with E-state index in [-0.39, 0.29) is 11.7 Å².